The molecule has 0 unspecified atom stereocenters. The van der Waals surface area contributed by atoms with Crippen molar-refractivity contribution in [3.8, 4) is 33.4 Å². The summed E-state index contributed by atoms with van der Waals surface area (Å²) in [4.78, 5) is 7.96. The Bertz CT molecular complexity index is 1980. The Morgan fingerprint density at radius 1 is 0.514 bits per heavy atom. The molecule has 0 saturated carbocycles. The maximum absolute atomic E-state index is 7.58. The minimum Gasteiger partial charge on any atom is -0.455 e. The van der Waals surface area contributed by atoms with Crippen molar-refractivity contribution < 1.29 is 4.42 Å². The first-order valence-electron chi connectivity index (χ1n) is 12.2. The van der Waals surface area contributed by atoms with Crippen molar-refractivity contribution >= 4 is 38.4 Å². The normalized spacial score (nSPS) is 11.2. The highest BCUT2D eigenvalue weighted by Crippen LogP contribution is 2.42. The Morgan fingerprint density at radius 3 is 1.92 bits per heavy atom. The summed E-state index contributed by atoms with van der Waals surface area (Å²) in [5.41, 5.74) is 8.88. The Balaban J connectivity index is 1.42. The van der Waals surface area contributed by atoms with Gasteiger partial charge in [0.05, 0.1) is 6.57 Å². The molecule has 3 nitrogen and oxygen atoms in total. The molecule has 7 rings (SSSR count). The van der Waals surface area contributed by atoms with Gasteiger partial charge >= 0.3 is 0 Å². The van der Waals surface area contributed by atoms with Gasteiger partial charge in [-0.15, -0.1) is 0 Å². The quantitative estimate of drug-likeness (QED) is 0.240. The first-order chi connectivity index (χ1) is 18.3. The van der Waals surface area contributed by atoms with E-state index in [1.54, 1.807) is 6.20 Å². The van der Waals surface area contributed by atoms with Crippen LogP contribution in [0.15, 0.2) is 126 Å². The molecule has 0 aliphatic rings. The smallest absolute Gasteiger partial charge is 0.194 e. The Kier molecular flexibility index (Phi) is 4.84. The topological polar surface area (TPSA) is 30.4 Å². The van der Waals surface area contributed by atoms with E-state index >= 15 is 0 Å². The van der Waals surface area contributed by atoms with Gasteiger partial charge in [-0.1, -0.05) is 103 Å². The molecule has 0 N–H and O–H groups in total. The summed E-state index contributed by atoms with van der Waals surface area (Å²) in [6.07, 6.45) is 3.67. The number of aromatic nitrogens is 1. The van der Waals surface area contributed by atoms with Crippen LogP contribution >= 0.6 is 0 Å². The molecule has 0 fully saturated rings. The van der Waals surface area contributed by atoms with Gasteiger partial charge in [-0.25, -0.2) is 4.85 Å². The second kappa shape index (κ2) is 8.48. The molecule has 0 amide bonds. The van der Waals surface area contributed by atoms with E-state index in [0.29, 0.717) is 5.69 Å². The van der Waals surface area contributed by atoms with Crippen molar-refractivity contribution in [2.45, 2.75) is 0 Å². The van der Waals surface area contributed by atoms with Crippen LogP contribution in [0.1, 0.15) is 0 Å². The molecule has 0 spiro atoms. The molecule has 0 atom stereocenters. The highest BCUT2D eigenvalue weighted by molar-refractivity contribution is 6.15. The van der Waals surface area contributed by atoms with Crippen LogP contribution in [-0.4, -0.2) is 4.98 Å². The van der Waals surface area contributed by atoms with E-state index in [1.165, 1.54) is 0 Å². The molecule has 0 aliphatic heterocycles. The Hall–Kier alpha value is -5.20. The van der Waals surface area contributed by atoms with Gasteiger partial charge in [-0.2, -0.15) is 0 Å². The molecule has 0 saturated heterocycles. The van der Waals surface area contributed by atoms with Gasteiger partial charge in [0.1, 0.15) is 11.2 Å². The van der Waals surface area contributed by atoms with Gasteiger partial charge in [0.25, 0.3) is 0 Å². The SMILES string of the molecule is [C-]#[N+]c1ccc(-c2cccc3c2oc2c(-c4ccc(-c5cccnc5)cc4)cccc23)c2ccccc12. The van der Waals surface area contributed by atoms with Gasteiger partial charge in [0.2, 0.25) is 0 Å². The molecule has 0 radical (unpaired) electrons. The molecule has 2 heterocycles. The maximum atomic E-state index is 7.58. The number of fused-ring (bicyclic) bond motifs is 4. The summed E-state index contributed by atoms with van der Waals surface area (Å²) in [5.74, 6) is 0. The molecule has 5 aromatic carbocycles. The van der Waals surface area contributed by atoms with Crippen LogP contribution in [0.4, 0.5) is 5.69 Å². The van der Waals surface area contributed by atoms with E-state index in [4.69, 9.17) is 11.0 Å². The molecule has 7 aromatic rings. The van der Waals surface area contributed by atoms with E-state index in [9.17, 15) is 0 Å². The predicted molar refractivity (Wildman–Crippen MR) is 152 cm³/mol. The fourth-order valence-corrected chi connectivity index (χ4v) is 5.25. The number of benzene rings is 5. The number of hydrogen-bond acceptors (Lipinski definition) is 2. The standard InChI is InChI=1S/C34H20N2O/c1-35-32-19-18-27(26-8-2-3-9-28(26)32)29-11-5-13-31-30-12-4-10-25(33(30)37-34(29)31)23-16-14-22(15-17-23)24-7-6-20-36-21-24/h2-21H. The number of pyridine rings is 1. The molecule has 3 heteroatoms. The highest BCUT2D eigenvalue weighted by Gasteiger charge is 2.17. The number of hydrogen-bond donors (Lipinski definition) is 0. The van der Waals surface area contributed by atoms with Gasteiger partial charge in [0, 0.05) is 34.3 Å². The van der Waals surface area contributed by atoms with Crippen molar-refractivity contribution in [3.05, 3.63) is 133 Å². The zero-order valence-electron chi connectivity index (χ0n) is 19.8. The van der Waals surface area contributed by atoms with Crippen LogP contribution in [0, 0.1) is 6.57 Å². The summed E-state index contributed by atoms with van der Waals surface area (Å²) in [5, 5.41) is 4.18. The van der Waals surface area contributed by atoms with Crippen LogP contribution in [0.5, 0.6) is 0 Å². The first-order valence-corrected chi connectivity index (χ1v) is 12.2. The molecule has 37 heavy (non-hydrogen) atoms. The molecule has 172 valence electrons. The van der Waals surface area contributed by atoms with Crippen molar-refractivity contribution in [1.82, 2.24) is 4.98 Å². The highest BCUT2D eigenvalue weighted by atomic mass is 16.3. The average molecular weight is 473 g/mol. The Morgan fingerprint density at radius 2 is 1.19 bits per heavy atom. The van der Waals surface area contributed by atoms with E-state index in [1.807, 2.05) is 42.6 Å². The number of para-hydroxylation sites is 2. The van der Waals surface area contributed by atoms with E-state index < -0.39 is 0 Å². The van der Waals surface area contributed by atoms with Crippen LogP contribution < -0.4 is 0 Å². The minimum atomic E-state index is 0.660. The molecular weight excluding hydrogens is 452 g/mol. The lowest BCUT2D eigenvalue weighted by Gasteiger charge is -2.09. The summed E-state index contributed by atoms with van der Waals surface area (Å²) < 4.78 is 6.67. The van der Waals surface area contributed by atoms with Gasteiger partial charge in [-0.3, -0.25) is 4.98 Å². The third kappa shape index (κ3) is 3.39. The second-order valence-corrected chi connectivity index (χ2v) is 9.08. The third-order valence-electron chi connectivity index (χ3n) is 7.03. The molecular formula is C34H20N2O. The van der Waals surface area contributed by atoms with E-state index in [-0.39, 0.29) is 0 Å². The summed E-state index contributed by atoms with van der Waals surface area (Å²) in [6.45, 7) is 7.58. The molecule has 0 bridgehead atoms. The van der Waals surface area contributed by atoms with Gasteiger partial charge in [0.15, 0.2) is 5.69 Å². The van der Waals surface area contributed by atoms with Crippen LogP contribution in [0.25, 0.3) is 70.9 Å². The largest absolute Gasteiger partial charge is 0.455 e. The van der Waals surface area contributed by atoms with E-state index in [2.05, 4.69) is 82.6 Å². The maximum Gasteiger partial charge on any atom is 0.194 e. The lowest BCUT2D eigenvalue weighted by Crippen LogP contribution is -1.82. The fourth-order valence-electron chi connectivity index (χ4n) is 5.25. The van der Waals surface area contributed by atoms with Crippen molar-refractivity contribution in [2.24, 2.45) is 0 Å². The van der Waals surface area contributed by atoms with Crippen molar-refractivity contribution in [3.63, 3.8) is 0 Å². The number of nitrogens with zero attached hydrogens (tertiary/aromatic N) is 2. The number of rotatable bonds is 3. The van der Waals surface area contributed by atoms with Crippen LogP contribution in [0.2, 0.25) is 0 Å². The minimum absolute atomic E-state index is 0.660. The second-order valence-electron chi connectivity index (χ2n) is 9.08. The summed E-state index contributed by atoms with van der Waals surface area (Å²) in [6, 6.07) is 37.2. The molecule has 0 aliphatic carbocycles. The fraction of sp³-hybridized carbons (Fsp3) is 0. The lowest BCUT2D eigenvalue weighted by atomic mass is 9.95. The summed E-state index contributed by atoms with van der Waals surface area (Å²) >= 11 is 0. The van der Waals surface area contributed by atoms with Crippen molar-refractivity contribution in [2.75, 3.05) is 0 Å². The third-order valence-corrected chi connectivity index (χ3v) is 7.03. The average Bonchev–Trinajstić information content (AvgIpc) is 3.36. The lowest BCUT2D eigenvalue weighted by molar-refractivity contribution is 0.671. The van der Waals surface area contributed by atoms with E-state index in [0.717, 1.165) is 66.1 Å². The summed E-state index contributed by atoms with van der Waals surface area (Å²) in [7, 11) is 0. The van der Waals surface area contributed by atoms with Gasteiger partial charge in [-0.05, 0) is 39.1 Å². The first kappa shape index (κ1) is 21.1. The van der Waals surface area contributed by atoms with Crippen molar-refractivity contribution in [1.29, 1.82) is 0 Å². The predicted octanol–water partition coefficient (Wildman–Crippen LogP) is 9.69. The van der Waals surface area contributed by atoms with Crippen LogP contribution in [0.3, 0.4) is 0 Å². The Labute approximate surface area is 214 Å². The monoisotopic (exact) mass is 472 g/mol. The van der Waals surface area contributed by atoms with Crippen LogP contribution in [-0.2, 0) is 0 Å². The van der Waals surface area contributed by atoms with Gasteiger partial charge < -0.3 is 4.42 Å². The number of furan rings is 1. The molecule has 2 aromatic heterocycles. The zero-order chi connectivity index (χ0) is 24.8. The zero-order valence-corrected chi connectivity index (χ0v) is 19.8.